The first kappa shape index (κ1) is 19.3. The topological polar surface area (TPSA) is 56.1 Å². The van der Waals surface area contributed by atoms with Gasteiger partial charge >= 0.3 is 0 Å². The number of aromatic nitrogens is 1. The maximum atomic E-state index is 13.2. The summed E-state index contributed by atoms with van der Waals surface area (Å²) in [6.45, 7) is 2.05. The smallest absolute Gasteiger partial charge is 0.262 e. The first-order valence-corrected chi connectivity index (χ1v) is 11.5. The molecule has 0 amide bonds. The Kier molecular flexibility index (Phi) is 5.42. The van der Waals surface area contributed by atoms with Crippen molar-refractivity contribution in [2.24, 2.45) is 0 Å². The van der Waals surface area contributed by atoms with Crippen LogP contribution in [0.1, 0.15) is 29.4 Å². The van der Waals surface area contributed by atoms with Crippen molar-refractivity contribution in [1.29, 1.82) is 0 Å². The average molecular weight is 499 g/mol. The SMILES string of the molecule is CCCc1cc2cc(S(C)(=O)=O)ccc2n1C(=O)c1cc(Br)cc(Br)c1. The van der Waals surface area contributed by atoms with E-state index >= 15 is 0 Å². The lowest BCUT2D eigenvalue weighted by atomic mass is 10.2. The summed E-state index contributed by atoms with van der Waals surface area (Å²) in [5, 5.41) is 0.749. The number of halogens is 2. The molecule has 0 bridgehead atoms. The van der Waals surface area contributed by atoms with Gasteiger partial charge in [0.2, 0.25) is 0 Å². The Labute approximate surface area is 169 Å². The Morgan fingerprint density at radius 1 is 1.04 bits per heavy atom. The molecule has 3 aromatic rings. The third-order valence-corrected chi connectivity index (χ3v) is 6.12. The van der Waals surface area contributed by atoms with Gasteiger partial charge in [-0.3, -0.25) is 9.36 Å². The quantitative estimate of drug-likeness (QED) is 0.496. The van der Waals surface area contributed by atoms with Crippen LogP contribution in [0.3, 0.4) is 0 Å². The molecule has 0 saturated heterocycles. The predicted molar refractivity (Wildman–Crippen MR) is 111 cm³/mol. The minimum absolute atomic E-state index is 0.141. The number of carbonyl (C=O) groups is 1. The summed E-state index contributed by atoms with van der Waals surface area (Å²) < 4.78 is 27.0. The number of sulfone groups is 1. The first-order valence-electron chi connectivity index (χ1n) is 8.06. The number of fused-ring (bicyclic) bond motifs is 1. The van der Waals surface area contributed by atoms with Crippen LogP contribution in [0.2, 0.25) is 0 Å². The highest BCUT2D eigenvalue weighted by Gasteiger charge is 2.19. The lowest BCUT2D eigenvalue weighted by Gasteiger charge is -2.10. The van der Waals surface area contributed by atoms with Crippen LogP contribution >= 0.6 is 31.9 Å². The number of nitrogens with zero attached hydrogens (tertiary/aromatic N) is 1. The fraction of sp³-hybridized carbons (Fsp3) is 0.211. The van der Waals surface area contributed by atoms with Crippen LogP contribution in [0.4, 0.5) is 0 Å². The molecular weight excluding hydrogens is 482 g/mol. The monoisotopic (exact) mass is 497 g/mol. The van der Waals surface area contributed by atoms with Crippen molar-refractivity contribution in [3.05, 3.63) is 62.7 Å². The number of hydrogen-bond acceptors (Lipinski definition) is 3. The molecule has 0 aliphatic rings. The Balaban J connectivity index is 2.22. The molecule has 1 heterocycles. The van der Waals surface area contributed by atoms with Crippen molar-refractivity contribution in [3.8, 4) is 0 Å². The second-order valence-corrected chi connectivity index (χ2v) is 10.0. The zero-order valence-corrected chi connectivity index (χ0v) is 18.3. The standard InChI is InChI=1S/C19H17Br2NO3S/c1-3-4-16-9-12-10-17(26(2,24)25)5-6-18(12)22(16)19(23)13-7-14(20)11-15(21)8-13/h5-11H,3-4H2,1-2H3. The summed E-state index contributed by atoms with van der Waals surface area (Å²) in [5.41, 5.74) is 2.13. The van der Waals surface area contributed by atoms with Gasteiger partial charge in [0.15, 0.2) is 9.84 Å². The normalized spacial score (nSPS) is 11.8. The highest BCUT2D eigenvalue weighted by atomic mass is 79.9. The molecule has 1 aromatic heterocycles. The molecule has 0 fully saturated rings. The van der Waals surface area contributed by atoms with Gasteiger partial charge in [0.25, 0.3) is 5.91 Å². The zero-order chi connectivity index (χ0) is 19.1. The molecular formula is C19H17Br2NO3S. The molecule has 0 spiro atoms. The Morgan fingerprint density at radius 2 is 1.69 bits per heavy atom. The van der Waals surface area contributed by atoms with Crippen molar-refractivity contribution < 1.29 is 13.2 Å². The number of carbonyl (C=O) groups excluding carboxylic acids is 1. The minimum Gasteiger partial charge on any atom is -0.280 e. The van der Waals surface area contributed by atoms with Crippen molar-refractivity contribution in [2.75, 3.05) is 6.26 Å². The minimum atomic E-state index is -3.30. The Hall–Kier alpha value is -1.44. The van der Waals surface area contributed by atoms with Crippen LogP contribution in [0.25, 0.3) is 10.9 Å². The zero-order valence-electron chi connectivity index (χ0n) is 14.3. The number of rotatable bonds is 4. The Morgan fingerprint density at radius 3 is 2.27 bits per heavy atom. The maximum absolute atomic E-state index is 13.2. The van der Waals surface area contributed by atoms with Gasteiger partial charge in [-0.05, 0) is 48.9 Å². The van der Waals surface area contributed by atoms with Gasteiger partial charge in [0.1, 0.15) is 0 Å². The molecule has 0 atom stereocenters. The molecule has 0 radical (unpaired) electrons. The number of aryl methyl sites for hydroxylation is 1. The van der Waals surface area contributed by atoms with Gasteiger partial charge in [0, 0.05) is 31.8 Å². The van der Waals surface area contributed by atoms with Gasteiger partial charge in [0.05, 0.1) is 10.4 Å². The summed E-state index contributed by atoms with van der Waals surface area (Å²) in [4.78, 5) is 13.5. The largest absolute Gasteiger partial charge is 0.280 e. The van der Waals surface area contributed by atoms with E-state index < -0.39 is 9.84 Å². The summed E-state index contributed by atoms with van der Waals surface area (Å²) in [6, 6.07) is 12.2. The molecule has 0 N–H and O–H groups in total. The van der Waals surface area contributed by atoms with E-state index in [1.54, 1.807) is 34.9 Å². The van der Waals surface area contributed by atoms with E-state index in [0.29, 0.717) is 11.1 Å². The molecule has 136 valence electrons. The highest BCUT2D eigenvalue weighted by molar-refractivity contribution is 9.11. The van der Waals surface area contributed by atoms with Crippen molar-refractivity contribution in [2.45, 2.75) is 24.7 Å². The Bertz CT molecular complexity index is 1100. The third-order valence-electron chi connectivity index (χ3n) is 4.10. The highest BCUT2D eigenvalue weighted by Crippen LogP contribution is 2.27. The summed E-state index contributed by atoms with van der Waals surface area (Å²) in [6.07, 6.45) is 2.79. The van der Waals surface area contributed by atoms with E-state index in [-0.39, 0.29) is 10.8 Å². The van der Waals surface area contributed by atoms with Crippen LogP contribution in [0, 0.1) is 0 Å². The van der Waals surface area contributed by atoms with Gasteiger partial charge in [-0.2, -0.15) is 0 Å². The maximum Gasteiger partial charge on any atom is 0.262 e. The van der Waals surface area contributed by atoms with E-state index in [1.165, 1.54) is 6.26 Å². The predicted octanol–water partition coefficient (Wildman–Crippen LogP) is 5.21. The fourth-order valence-electron chi connectivity index (χ4n) is 2.97. The van der Waals surface area contributed by atoms with E-state index in [4.69, 9.17) is 0 Å². The van der Waals surface area contributed by atoms with Crippen LogP contribution in [0.5, 0.6) is 0 Å². The summed E-state index contributed by atoms with van der Waals surface area (Å²) in [7, 11) is -3.30. The molecule has 0 saturated carbocycles. The van der Waals surface area contributed by atoms with Crippen LogP contribution in [-0.2, 0) is 16.3 Å². The fourth-order valence-corrected chi connectivity index (χ4v) is 4.92. The first-order chi connectivity index (χ1) is 12.2. The van der Waals surface area contributed by atoms with Crippen molar-refractivity contribution in [3.63, 3.8) is 0 Å². The molecule has 7 heteroatoms. The second-order valence-electron chi connectivity index (χ2n) is 6.18. The number of hydrogen-bond donors (Lipinski definition) is 0. The van der Waals surface area contributed by atoms with Crippen LogP contribution in [0.15, 0.2) is 56.3 Å². The van der Waals surface area contributed by atoms with E-state index in [2.05, 4.69) is 31.9 Å². The van der Waals surface area contributed by atoms with Crippen molar-refractivity contribution in [1.82, 2.24) is 4.57 Å². The molecule has 4 nitrogen and oxygen atoms in total. The van der Waals surface area contributed by atoms with E-state index in [1.807, 2.05) is 19.1 Å². The summed E-state index contributed by atoms with van der Waals surface area (Å²) in [5.74, 6) is -0.141. The summed E-state index contributed by atoms with van der Waals surface area (Å²) >= 11 is 6.83. The second kappa shape index (κ2) is 7.29. The molecule has 0 unspecified atom stereocenters. The third kappa shape index (κ3) is 3.80. The molecule has 3 rings (SSSR count). The molecule has 26 heavy (non-hydrogen) atoms. The average Bonchev–Trinajstić information content (AvgIpc) is 2.89. The molecule has 0 aliphatic carbocycles. The van der Waals surface area contributed by atoms with Gasteiger partial charge in [-0.1, -0.05) is 45.2 Å². The van der Waals surface area contributed by atoms with Crippen molar-refractivity contribution >= 4 is 58.5 Å². The van der Waals surface area contributed by atoms with Gasteiger partial charge in [-0.15, -0.1) is 0 Å². The van der Waals surface area contributed by atoms with Crippen LogP contribution in [-0.4, -0.2) is 25.1 Å². The van der Waals surface area contributed by atoms with Gasteiger partial charge < -0.3 is 0 Å². The lowest BCUT2D eigenvalue weighted by Crippen LogP contribution is -2.15. The molecule has 0 aliphatic heterocycles. The van der Waals surface area contributed by atoms with E-state index in [0.717, 1.165) is 32.9 Å². The van der Waals surface area contributed by atoms with Gasteiger partial charge in [-0.25, -0.2) is 8.42 Å². The molecule has 2 aromatic carbocycles. The lowest BCUT2D eigenvalue weighted by molar-refractivity contribution is 0.0962. The number of benzene rings is 2. The van der Waals surface area contributed by atoms with E-state index in [9.17, 15) is 13.2 Å². The van der Waals surface area contributed by atoms with Crippen LogP contribution < -0.4 is 0 Å².